The van der Waals surface area contributed by atoms with Crippen molar-refractivity contribution in [3.63, 3.8) is 0 Å². The summed E-state index contributed by atoms with van der Waals surface area (Å²) in [5.74, 6) is -1.10. The number of carboxylic acid groups (broad SMARTS) is 1. The van der Waals surface area contributed by atoms with Crippen LogP contribution in [-0.2, 0) is 0 Å². The van der Waals surface area contributed by atoms with E-state index in [1.54, 1.807) is 19.1 Å². The summed E-state index contributed by atoms with van der Waals surface area (Å²) >= 11 is 1.25. The van der Waals surface area contributed by atoms with E-state index in [4.69, 9.17) is 10.8 Å². The van der Waals surface area contributed by atoms with Gasteiger partial charge >= 0.3 is 5.97 Å². The second kappa shape index (κ2) is 5.88. The van der Waals surface area contributed by atoms with Crippen molar-refractivity contribution < 1.29 is 14.7 Å². The highest BCUT2D eigenvalue weighted by molar-refractivity contribution is 7.09. The van der Waals surface area contributed by atoms with Crippen molar-refractivity contribution in [1.29, 1.82) is 0 Å². The van der Waals surface area contributed by atoms with E-state index >= 15 is 0 Å². The summed E-state index contributed by atoms with van der Waals surface area (Å²) in [5, 5.41) is 14.0. The molecule has 0 saturated carbocycles. The number of carbonyl (C=O) groups excluding carboxylic acids is 1. The molecule has 4 N–H and O–H groups in total. The number of pyridine rings is 1. The van der Waals surface area contributed by atoms with E-state index in [2.05, 4.69) is 15.3 Å². The molecule has 2 rings (SSSR count). The van der Waals surface area contributed by atoms with Gasteiger partial charge in [0, 0.05) is 16.6 Å². The molecule has 1 amide bonds. The van der Waals surface area contributed by atoms with Crippen molar-refractivity contribution in [3.8, 4) is 0 Å². The summed E-state index contributed by atoms with van der Waals surface area (Å²) in [7, 11) is 0. The van der Waals surface area contributed by atoms with Gasteiger partial charge < -0.3 is 16.2 Å². The zero-order valence-corrected chi connectivity index (χ0v) is 12.3. The van der Waals surface area contributed by atoms with Crippen LogP contribution >= 0.6 is 11.3 Å². The van der Waals surface area contributed by atoms with Gasteiger partial charge in [-0.25, -0.2) is 14.8 Å². The van der Waals surface area contributed by atoms with Crippen molar-refractivity contribution in [1.82, 2.24) is 9.97 Å². The summed E-state index contributed by atoms with van der Waals surface area (Å²) in [6.07, 6.45) is 0. The van der Waals surface area contributed by atoms with Gasteiger partial charge in [0.25, 0.3) is 0 Å². The number of amides is 1. The molecule has 7 nitrogen and oxygen atoms in total. The Labute approximate surface area is 124 Å². The smallest absolute Gasteiger partial charge is 0.355 e. The van der Waals surface area contributed by atoms with Crippen molar-refractivity contribution in [2.24, 2.45) is 5.73 Å². The molecule has 0 aromatic carbocycles. The molecular weight excluding hydrogens is 292 g/mol. The Bertz CT molecular complexity index is 698. The maximum Gasteiger partial charge on any atom is 0.355 e. The molecule has 2 heterocycles. The number of thiazole rings is 1. The topological polar surface area (TPSA) is 118 Å². The van der Waals surface area contributed by atoms with Gasteiger partial charge in [0.1, 0.15) is 10.8 Å². The second-order valence-electron chi connectivity index (χ2n) is 4.49. The molecule has 0 bridgehead atoms. The van der Waals surface area contributed by atoms with E-state index in [1.807, 2.05) is 6.92 Å². The number of nitrogens with zero attached hydrogens (tertiary/aromatic N) is 2. The second-order valence-corrected chi connectivity index (χ2v) is 5.38. The minimum atomic E-state index is -1.06. The first-order valence-corrected chi connectivity index (χ1v) is 6.98. The average Bonchev–Trinajstić information content (AvgIpc) is 2.87. The predicted molar refractivity (Wildman–Crippen MR) is 78.6 cm³/mol. The first kappa shape index (κ1) is 14.9. The van der Waals surface area contributed by atoms with Gasteiger partial charge in [-0.3, -0.25) is 4.79 Å². The number of aryl methyl sites for hydroxylation is 1. The maximum absolute atomic E-state index is 11.2. The van der Waals surface area contributed by atoms with Crippen LogP contribution in [0.3, 0.4) is 0 Å². The van der Waals surface area contributed by atoms with Crippen LogP contribution < -0.4 is 11.1 Å². The zero-order chi connectivity index (χ0) is 15.6. The molecule has 1 atom stereocenters. The van der Waals surface area contributed by atoms with Gasteiger partial charge in [-0.05, 0) is 26.0 Å². The molecule has 110 valence electrons. The van der Waals surface area contributed by atoms with Crippen molar-refractivity contribution >= 4 is 29.0 Å². The Morgan fingerprint density at radius 2 is 2.10 bits per heavy atom. The van der Waals surface area contributed by atoms with Crippen molar-refractivity contribution in [2.75, 3.05) is 5.32 Å². The highest BCUT2D eigenvalue weighted by Gasteiger charge is 2.15. The highest BCUT2D eigenvalue weighted by atomic mass is 32.1. The predicted octanol–water partition coefficient (Wildman–Crippen LogP) is 1.82. The van der Waals surface area contributed by atoms with Gasteiger partial charge in [-0.15, -0.1) is 11.3 Å². The standard InChI is InChI=1S/C13H14N4O3S/c1-6-3-8(11(14)18)4-10(15-6)16-7(2)12-17-9(5-21-12)13(19)20/h3-5,7H,1-2H3,(H2,14,18)(H,15,16)(H,19,20). The summed E-state index contributed by atoms with van der Waals surface area (Å²) in [6, 6.07) is 2.92. The lowest BCUT2D eigenvalue weighted by molar-refractivity contribution is 0.0691. The number of carboxylic acids is 1. The summed E-state index contributed by atoms with van der Waals surface area (Å²) in [4.78, 5) is 30.3. The van der Waals surface area contributed by atoms with E-state index in [9.17, 15) is 9.59 Å². The minimum absolute atomic E-state index is 0.0127. The molecule has 0 fully saturated rings. The maximum atomic E-state index is 11.2. The Kier molecular flexibility index (Phi) is 4.18. The molecule has 0 aliphatic carbocycles. The van der Waals surface area contributed by atoms with Crippen LogP contribution in [0.25, 0.3) is 0 Å². The molecule has 0 aliphatic rings. The van der Waals surface area contributed by atoms with E-state index in [1.165, 1.54) is 16.7 Å². The molecule has 1 unspecified atom stereocenters. The Morgan fingerprint density at radius 1 is 1.38 bits per heavy atom. The largest absolute Gasteiger partial charge is 0.476 e. The van der Waals surface area contributed by atoms with E-state index in [0.717, 1.165) is 0 Å². The third-order valence-corrected chi connectivity index (χ3v) is 3.74. The first-order chi connectivity index (χ1) is 9.86. The Hall–Kier alpha value is -2.48. The number of nitrogens with one attached hydrogen (secondary N) is 1. The fourth-order valence-electron chi connectivity index (χ4n) is 1.75. The number of nitrogens with two attached hydrogens (primary N) is 1. The molecular formula is C13H14N4O3S. The summed E-state index contributed by atoms with van der Waals surface area (Å²) in [5.41, 5.74) is 6.29. The van der Waals surface area contributed by atoms with Gasteiger partial charge in [0.2, 0.25) is 5.91 Å². The monoisotopic (exact) mass is 306 g/mol. The summed E-state index contributed by atoms with van der Waals surface area (Å²) in [6.45, 7) is 3.59. The average molecular weight is 306 g/mol. The lowest BCUT2D eigenvalue weighted by Gasteiger charge is -2.13. The number of anilines is 1. The van der Waals surface area contributed by atoms with E-state index in [-0.39, 0.29) is 11.7 Å². The molecule has 21 heavy (non-hydrogen) atoms. The van der Waals surface area contributed by atoms with Gasteiger partial charge in [0.05, 0.1) is 6.04 Å². The molecule has 8 heteroatoms. The number of primary amides is 1. The van der Waals surface area contributed by atoms with E-state index in [0.29, 0.717) is 22.1 Å². The summed E-state index contributed by atoms with van der Waals surface area (Å²) < 4.78 is 0. The minimum Gasteiger partial charge on any atom is -0.476 e. The molecule has 0 saturated heterocycles. The number of hydrogen-bond acceptors (Lipinski definition) is 6. The third kappa shape index (κ3) is 3.54. The fourth-order valence-corrected chi connectivity index (χ4v) is 2.55. The van der Waals surface area contributed by atoms with Gasteiger partial charge in [0.15, 0.2) is 5.69 Å². The quantitative estimate of drug-likeness (QED) is 0.775. The highest BCUT2D eigenvalue weighted by Crippen LogP contribution is 2.22. The van der Waals surface area contributed by atoms with Crippen LogP contribution in [0.1, 0.15) is 44.5 Å². The van der Waals surface area contributed by atoms with Crippen LogP contribution in [0.5, 0.6) is 0 Å². The van der Waals surface area contributed by atoms with Crippen molar-refractivity contribution in [2.45, 2.75) is 19.9 Å². The van der Waals surface area contributed by atoms with Crippen LogP contribution in [0.2, 0.25) is 0 Å². The number of aromatic nitrogens is 2. The number of carbonyl (C=O) groups is 2. The third-order valence-electron chi connectivity index (χ3n) is 2.71. The van der Waals surface area contributed by atoms with Crippen LogP contribution in [0.15, 0.2) is 17.5 Å². The molecule has 0 aliphatic heterocycles. The molecule has 2 aromatic heterocycles. The number of hydrogen-bond donors (Lipinski definition) is 3. The lowest BCUT2D eigenvalue weighted by Crippen LogP contribution is -2.14. The zero-order valence-electron chi connectivity index (χ0n) is 11.5. The number of rotatable bonds is 5. The lowest BCUT2D eigenvalue weighted by atomic mass is 10.2. The van der Waals surface area contributed by atoms with Crippen LogP contribution in [-0.4, -0.2) is 27.0 Å². The first-order valence-electron chi connectivity index (χ1n) is 6.10. The SMILES string of the molecule is Cc1cc(C(N)=O)cc(NC(C)c2nc(C(=O)O)cs2)n1. The van der Waals surface area contributed by atoms with Gasteiger partial charge in [-0.1, -0.05) is 0 Å². The molecule has 2 aromatic rings. The Balaban J connectivity index is 2.20. The number of aromatic carboxylic acids is 1. The van der Waals surface area contributed by atoms with Crippen LogP contribution in [0.4, 0.5) is 5.82 Å². The normalized spacial score (nSPS) is 11.9. The molecule has 0 radical (unpaired) electrons. The molecule has 0 spiro atoms. The van der Waals surface area contributed by atoms with Crippen molar-refractivity contribution in [3.05, 3.63) is 39.5 Å². The van der Waals surface area contributed by atoms with E-state index < -0.39 is 11.9 Å². The fraction of sp³-hybridized carbons (Fsp3) is 0.231. The van der Waals surface area contributed by atoms with Crippen LogP contribution in [0, 0.1) is 6.92 Å². The van der Waals surface area contributed by atoms with Gasteiger partial charge in [-0.2, -0.15) is 0 Å². The Morgan fingerprint density at radius 3 is 2.67 bits per heavy atom.